The van der Waals surface area contributed by atoms with Crippen LogP contribution in [0, 0.1) is 20.8 Å². The minimum absolute atomic E-state index is 0.277. The summed E-state index contributed by atoms with van der Waals surface area (Å²) in [4.78, 5) is 6.87. The fourth-order valence-corrected chi connectivity index (χ4v) is 5.85. The number of piperazine rings is 1. The van der Waals surface area contributed by atoms with Crippen molar-refractivity contribution in [1.29, 1.82) is 0 Å². The average molecular weight is 446 g/mol. The normalized spacial score (nSPS) is 15.5. The third kappa shape index (κ3) is 3.59. The average Bonchev–Trinajstić information content (AvgIpc) is 3.04. The lowest BCUT2D eigenvalue weighted by Gasteiger charge is -2.35. The molecule has 158 valence electrons. The van der Waals surface area contributed by atoms with Crippen LogP contribution in [0.1, 0.15) is 17.0 Å². The van der Waals surface area contributed by atoms with Crippen molar-refractivity contribution in [2.75, 3.05) is 31.1 Å². The van der Waals surface area contributed by atoms with Gasteiger partial charge in [-0.3, -0.25) is 0 Å². The van der Waals surface area contributed by atoms with Crippen molar-refractivity contribution in [3.05, 3.63) is 64.6 Å². The molecule has 1 aliphatic rings. The van der Waals surface area contributed by atoms with E-state index in [0.717, 1.165) is 22.9 Å². The minimum atomic E-state index is -3.59. The zero-order chi connectivity index (χ0) is 21.5. The molecular weight excluding hydrogens is 422 g/mol. The molecule has 0 radical (unpaired) electrons. The molecule has 3 heterocycles. The summed E-state index contributed by atoms with van der Waals surface area (Å²) in [6.07, 6.45) is 1.74. The van der Waals surface area contributed by atoms with Crippen LogP contribution in [0.4, 0.5) is 5.69 Å². The van der Waals surface area contributed by atoms with Gasteiger partial charge in [-0.25, -0.2) is 18.1 Å². The maximum atomic E-state index is 13.2. The van der Waals surface area contributed by atoms with Crippen LogP contribution >= 0.6 is 11.6 Å². The Hall–Kier alpha value is -2.42. The van der Waals surface area contributed by atoms with E-state index >= 15 is 0 Å². The van der Waals surface area contributed by atoms with E-state index in [-0.39, 0.29) is 4.90 Å². The van der Waals surface area contributed by atoms with Crippen LogP contribution in [-0.4, -0.2) is 53.7 Å². The van der Waals surface area contributed by atoms with E-state index in [1.165, 1.54) is 4.31 Å². The Balaban J connectivity index is 1.56. The maximum Gasteiger partial charge on any atom is 0.243 e. The molecule has 9 heteroatoms. The summed E-state index contributed by atoms with van der Waals surface area (Å²) in [5.41, 5.74) is 3.52. The second-order valence-corrected chi connectivity index (χ2v) is 9.69. The second kappa shape index (κ2) is 8.02. The van der Waals surface area contributed by atoms with E-state index in [1.807, 2.05) is 36.7 Å². The molecule has 0 bridgehead atoms. The van der Waals surface area contributed by atoms with Gasteiger partial charge in [-0.1, -0.05) is 23.7 Å². The molecule has 1 saturated heterocycles. The van der Waals surface area contributed by atoms with Crippen molar-refractivity contribution in [2.24, 2.45) is 0 Å². The molecule has 30 heavy (non-hydrogen) atoms. The van der Waals surface area contributed by atoms with Crippen LogP contribution in [-0.2, 0) is 10.0 Å². The first kappa shape index (κ1) is 20.8. The first-order valence-electron chi connectivity index (χ1n) is 9.78. The molecule has 1 fully saturated rings. The molecule has 2 aromatic heterocycles. The molecule has 0 spiro atoms. The lowest BCUT2D eigenvalue weighted by Crippen LogP contribution is -2.49. The van der Waals surface area contributed by atoms with Gasteiger partial charge in [0.05, 0.1) is 22.0 Å². The lowest BCUT2D eigenvalue weighted by atomic mass is 10.2. The Morgan fingerprint density at radius 2 is 1.70 bits per heavy atom. The van der Waals surface area contributed by atoms with Crippen molar-refractivity contribution >= 4 is 27.3 Å². The Morgan fingerprint density at radius 1 is 0.967 bits per heavy atom. The van der Waals surface area contributed by atoms with Crippen molar-refractivity contribution in [3.8, 4) is 5.82 Å². The highest BCUT2D eigenvalue weighted by Gasteiger charge is 2.31. The Kier molecular flexibility index (Phi) is 5.57. The number of anilines is 1. The summed E-state index contributed by atoms with van der Waals surface area (Å²) >= 11 is 6.14. The fraction of sp³-hybridized carbons (Fsp3) is 0.333. The molecule has 1 aromatic carbocycles. The van der Waals surface area contributed by atoms with Crippen LogP contribution in [0.5, 0.6) is 0 Å². The third-order valence-corrected chi connectivity index (χ3v) is 7.96. The van der Waals surface area contributed by atoms with Gasteiger partial charge in [0.15, 0.2) is 5.82 Å². The second-order valence-electron chi connectivity index (χ2n) is 7.37. The number of hydrogen-bond donors (Lipinski definition) is 0. The molecule has 0 amide bonds. The van der Waals surface area contributed by atoms with Gasteiger partial charge in [0, 0.05) is 37.4 Å². The maximum absolute atomic E-state index is 13.2. The van der Waals surface area contributed by atoms with Gasteiger partial charge in [0.2, 0.25) is 10.0 Å². The van der Waals surface area contributed by atoms with E-state index in [4.69, 9.17) is 11.6 Å². The highest BCUT2D eigenvalue weighted by atomic mass is 35.5. The first-order valence-corrected chi connectivity index (χ1v) is 11.6. The number of nitrogens with zero attached hydrogens (tertiary/aromatic N) is 5. The molecule has 1 aliphatic heterocycles. The molecule has 0 atom stereocenters. The molecule has 0 saturated carbocycles. The summed E-state index contributed by atoms with van der Waals surface area (Å²) in [5, 5.41) is 5.12. The highest BCUT2D eigenvalue weighted by Crippen LogP contribution is 2.30. The zero-order valence-corrected chi connectivity index (χ0v) is 18.8. The van der Waals surface area contributed by atoms with Gasteiger partial charge in [-0.15, -0.1) is 0 Å². The van der Waals surface area contributed by atoms with Crippen LogP contribution in [0.3, 0.4) is 0 Å². The van der Waals surface area contributed by atoms with Crippen molar-refractivity contribution in [2.45, 2.75) is 25.7 Å². The van der Waals surface area contributed by atoms with E-state index in [0.29, 0.717) is 36.8 Å². The first-order chi connectivity index (χ1) is 14.3. The summed E-state index contributed by atoms with van der Waals surface area (Å²) < 4.78 is 29.7. The minimum Gasteiger partial charge on any atom is -0.366 e. The van der Waals surface area contributed by atoms with Gasteiger partial charge in [-0.2, -0.15) is 9.40 Å². The van der Waals surface area contributed by atoms with E-state index < -0.39 is 10.0 Å². The predicted octanol–water partition coefficient (Wildman–Crippen LogP) is 3.36. The monoisotopic (exact) mass is 445 g/mol. The van der Waals surface area contributed by atoms with E-state index in [9.17, 15) is 8.42 Å². The zero-order valence-electron chi connectivity index (χ0n) is 17.2. The van der Waals surface area contributed by atoms with Gasteiger partial charge in [-0.05, 0) is 50.6 Å². The molecule has 7 nitrogen and oxygen atoms in total. The van der Waals surface area contributed by atoms with Gasteiger partial charge in [0.25, 0.3) is 0 Å². The number of aromatic nitrogens is 3. The fourth-order valence-electron chi connectivity index (χ4n) is 3.95. The highest BCUT2D eigenvalue weighted by molar-refractivity contribution is 7.89. The molecule has 4 rings (SSSR count). The number of benzene rings is 1. The molecular formula is C21H24ClN5O2S. The SMILES string of the molecule is Cc1nn(-c2ccccn2)c(C)c1N1CCN(S(=O)(=O)c2cccc(Cl)c2C)CC1. The van der Waals surface area contributed by atoms with Gasteiger partial charge in [0.1, 0.15) is 0 Å². The number of aryl methyl sites for hydroxylation is 1. The largest absolute Gasteiger partial charge is 0.366 e. The standard InChI is InChI=1S/C21H24ClN5O2S/c1-15-18(22)7-6-8-19(15)30(28,29)26-13-11-25(12-14-26)21-16(2)24-27(17(21)3)20-9-4-5-10-23-20/h4-10H,11-14H2,1-3H3. The Bertz CT molecular complexity index is 1170. The predicted molar refractivity (Wildman–Crippen MR) is 118 cm³/mol. The number of rotatable bonds is 4. The summed E-state index contributed by atoms with van der Waals surface area (Å²) in [5.74, 6) is 0.766. The smallest absolute Gasteiger partial charge is 0.243 e. The molecule has 3 aromatic rings. The number of sulfonamides is 1. The quantitative estimate of drug-likeness (QED) is 0.615. The molecule has 0 aliphatic carbocycles. The third-order valence-electron chi connectivity index (χ3n) is 5.51. The van der Waals surface area contributed by atoms with Crippen molar-refractivity contribution in [1.82, 2.24) is 19.1 Å². The molecule has 0 unspecified atom stereocenters. The Labute approximate surface area is 182 Å². The van der Waals surface area contributed by atoms with Crippen LogP contribution in [0.25, 0.3) is 5.82 Å². The molecule has 0 N–H and O–H groups in total. The van der Waals surface area contributed by atoms with Crippen molar-refractivity contribution in [3.63, 3.8) is 0 Å². The summed E-state index contributed by atoms with van der Waals surface area (Å²) in [6, 6.07) is 10.7. The number of halogens is 1. The topological polar surface area (TPSA) is 71.3 Å². The Morgan fingerprint density at radius 3 is 2.37 bits per heavy atom. The summed E-state index contributed by atoms with van der Waals surface area (Å²) in [7, 11) is -3.59. The lowest BCUT2D eigenvalue weighted by molar-refractivity contribution is 0.384. The van der Waals surface area contributed by atoms with Gasteiger partial charge >= 0.3 is 0 Å². The van der Waals surface area contributed by atoms with Crippen LogP contribution < -0.4 is 4.90 Å². The number of pyridine rings is 1. The van der Waals surface area contributed by atoms with Crippen molar-refractivity contribution < 1.29 is 8.42 Å². The number of hydrogen-bond acceptors (Lipinski definition) is 5. The van der Waals surface area contributed by atoms with Crippen LogP contribution in [0.15, 0.2) is 47.5 Å². The van der Waals surface area contributed by atoms with Crippen LogP contribution in [0.2, 0.25) is 5.02 Å². The van der Waals surface area contributed by atoms with Gasteiger partial charge < -0.3 is 4.90 Å². The van der Waals surface area contributed by atoms with E-state index in [1.54, 1.807) is 31.3 Å². The van der Waals surface area contributed by atoms with E-state index in [2.05, 4.69) is 15.0 Å². The summed E-state index contributed by atoms with van der Waals surface area (Å²) in [6.45, 7) is 7.72.